The molecule has 26 heavy (non-hydrogen) atoms. The minimum absolute atomic E-state index is 0.664. The second-order valence-electron chi connectivity index (χ2n) is 6.30. The summed E-state index contributed by atoms with van der Waals surface area (Å²) < 4.78 is 0. The van der Waals surface area contributed by atoms with Gasteiger partial charge < -0.3 is 4.84 Å². The van der Waals surface area contributed by atoms with Crippen LogP contribution < -0.4 is 0 Å². The number of nitrogens with zero attached hydrogens (tertiary/aromatic N) is 4. The van der Waals surface area contributed by atoms with E-state index < -0.39 is 0 Å². The maximum absolute atomic E-state index is 4.95. The van der Waals surface area contributed by atoms with Crippen LogP contribution >= 0.6 is 0 Å². The summed E-state index contributed by atoms with van der Waals surface area (Å²) in [5.41, 5.74) is 5.98. The SMILES string of the molecule is CO/N=C1\CCCc2nc(-c3cccc(Cc4ccccc4)n3)ncc21. The second kappa shape index (κ2) is 7.44. The molecule has 1 aromatic carbocycles. The third-order valence-corrected chi connectivity index (χ3v) is 4.47. The van der Waals surface area contributed by atoms with Gasteiger partial charge in [0.1, 0.15) is 12.8 Å². The van der Waals surface area contributed by atoms with Crippen molar-refractivity contribution in [1.82, 2.24) is 15.0 Å². The fourth-order valence-electron chi connectivity index (χ4n) is 3.24. The van der Waals surface area contributed by atoms with Crippen molar-refractivity contribution in [2.24, 2.45) is 5.16 Å². The molecule has 1 aliphatic carbocycles. The van der Waals surface area contributed by atoms with Crippen molar-refractivity contribution in [3.05, 3.63) is 77.2 Å². The average Bonchev–Trinajstić information content (AvgIpc) is 2.69. The molecule has 0 spiro atoms. The molecule has 4 rings (SSSR count). The molecule has 5 heteroatoms. The number of aromatic nitrogens is 3. The molecule has 0 radical (unpaired) electrons. The fourth-order valence-corrected chi connectivity index (χ4v) is 3.24. The van der Waals surface area contributed by atoms with E-state index in [9.17, 15) is 0 Å². The Bertz CT molecular complexity index is 938. The molecule has 0 fully saturated rings. The zero-order chi connectivity index (χ0) is 17.8. The van der Waals surface area contributed by atoms with Gasteiger partial charge in [-0.1, -0.05) is 41.6 Å². The van der Waals surface area contributed by atoms with Gasteiger partial charge in [0.2, 0.25) is 0 Å². The molecule has 0 aliphatic heterocycles. The number of rotatable bonds is 4. The second-order valence-corrected chi connectivity index (χ2v) is 6.30. The Kier molecular flexibility index (Phi) is 4.69. The molecule has 1 aliphatic rings. The van der Waals surface area contributed by atoms with Crippen molar-refractivity contribution < 1.29 is 4.84 Å². The van der Waals surface area contributed by atoms with E-state index in [1.54, 1.807) is 7.11 Å². The number of aryl methyl sites for hydroxylation is 1. The minimum atomic E-state index is 0.664. The van der Waals surface area contributed by atoms with E-state index in [1.165, 1.54) is 5.56 Å². The van der Waals surface area contributed by atoms with Crippen LogP contribution in [0.15, 0.2) is 59.9 Å². The Morgan fingerprint density at radius 1 is 1.00 bits per heavy atom. The normalized spacial score (nSPS) is 14.9. The van der Waals surface area contributed by atoms with Crippen molar-refractivity contribution in [1.29, 1.82) is 0 Å². The molecule has 0 N–H and O–H groups in total. The molecule has 0 saturated heterocycles. The molecule has 0 amide bonds. The summed E-state index contributed by atoms with van der Waals surface area (Å²) in [7, 11) is 1.57. The summed E-state index contributed by atoms with van der Waals surface area (Å²) >= 11 is 0. The van der Waals surface area contributed by atoms with Crippen LogP contribution in [0.25, 0.3) is 11.5 Å². The van der Waals surface area contributed by atoms with E-state index in [0.717, 1.165) is 54.0 Å². The lowest BCUT2D eigenvalue weighted by Crippen LogP contribution is -2.15. The number of hydrogen-bond acceptors (Lipinski definition) is 5. The molecule has 2 aromatic heterocycles. The number of fused-ring (bicyclic) bond motifs is 1. The van der Waals surface area contributed by atoms with Gasteiger partial charge in [-0.15, -0.1) is 0 Å². The van der Waals surface area contributed by atoms with Gasteiger partial charge in [0.25, 0.3) is 0 Å². The van der Waals surface area contributed by atoms with E-state index >= 15 is 0 Å². The smallest absolute Gasteiger partial charge is 0.178 e. The van der Waals surface area contributed by atoms with Crippen LogP contribution in [0.2, 0.25) is 0 Å². The molecule has 0 saturated carbocycles. The zero-order valence-corrected chi connectivity index (χ0v) is 14.7. The summed E-state index contributed by atoms with van der Waals surface area (Å²) in [4.78, 5) is 19.0. The first-order valence-electron chi connectivity index (χ1n) is 8.80. The predicted octanol–water partition coefficient (Wildman–Crippen LogP) is 3.82. The molecule has 3 aromatic rings. The van der Waals surface area contributed by atoms with Gasteiger partial charge in [-0.3, -0.25) is 0 Å². The summed E-state index contributed by atoms with van der Waals surface area (Å²) in [6.07, 6.45) is 5.49. The van der Waals surface area contributed by atoms with Gasteiger partial charge in [0.05, 0.1) is 11.4 Å². The number of hydrogen-bond donors (Lipinski definition) is 0. The molecule has 5 nitrogen and oxygen atoms in total. The van der Waals surface area contributed by atoms with E-state index in [0.29, 0.717) is 5.82 Å². The van der Waals surface area contributed by atoms with E-state index in [1.807, 2.05) is 42.6 Å². The first-order chi connectivity index (χ1) is 12.8. The highest BCUT2D eigenvalue weighted by Gasteiger charge is 2.19. The molecule has 2 heterocycles. The molecular weight excluding hydrogens is 324 g/mol. The van der Waals surface area contributed by atoms with Crippen molar-refractivity contribution in [2.45, 2.75) is 25.7 Å². The highest BCUT2D eigenvalue weighted by molar-refractivity contribution is 6.01. The van der Waals surface area contributed by atoms with Crippen LogP contribution in [0.3, 0.4) is 0 Å². The fraction of sp³-hybridized carbons (Fsp3) is 0.238. The van der Waals surface area contributed by atoms with Gasteiger partial charge in [-0.2, -0.15) is 0 Å². The predicted molar refractivity (Wildman–Crippen MR) is 101 cm³/mol. The first-order valence-corrected chi connectivity index (χ1v) is 8.80. The van der Waals surface area contributed by atoms with Gasteiger partial charge >= 0.3 is 0 Å². The summed E-state index contributed by atoms with van der Waals surface area (Å²) in [5, 5.41) is 4.11. The van der Waals surface area contributed by atoms with Crippen molar-refractivity contribution >= 4 is 5.71 Å². The van der Waals surface area contributed by atoms with Crippen LogP contribution in [0.1, 0.15) is 35.4 Å². The molecule has 0 atom stereocenters. The topological polar surface area (TPSA) is 60.3 Å². The van der Waals surface area contributed by atoms with E-state index in [4.69, 9.17) is 14.8 Å². The van der Waals surface area contributed by atoms with E-state index in [2.05, 4.69) is 22.3 Å². The van der Waals surface area contributed by atoms with Crippen molar-refractivity contribution in [3.8, 4) is 11.5 Å². The summed E-state index contributed by atoms with van der Waals surface area (Å²) in [6.45, 7) is 0. The van der Waals surface area contributed by atoms with Gasteiger partial charge in [0.15, 0.2) is 5.82 Å². The van der Waals surface area contributed by atoms with Gasteiger partial charge in [0, 0.05) is 23.9 Å². The standard InChI is InChI=1S/C21H20N4O/c1-26-25-19-11-6-10-18-17(19)14-22-21(24-18)20-12-5-9-16(23-20)13-15-7-3-2-4-8-15/h2-5,7-9,12,14H,6,10-11,13H2,1H3/b25-19+. The Labute approximate surface area is 152 Å². The van der Waals surface area contributed by atoms with Crippen molar-refractivity contribution in [3.63, 3.8) is 0 Å². The maximum Gasteiger partial charge on any atom is 0.178 e. The first kappa shape index (κ1) is 16.4. The molecule has 130 valence electrons. The van der Waals surface area contributed by atoms with Crippen LogP contribution in [0, 0.1) is 0 Å². The van der Waals surface area contributed by atoms with Crippen LogP contribution in [-0.4, -0.2) is 27.8 Å². The van der Waals surface area contributed by atoms with Crippen LogP contribution in [0.5, 0.6) is 0 Å². The highest BCUT2D eigenvalue weighted by Crippen LogP contribution is 2.23. The Hall–Kier alpha value is -3.08. The lowest BCUT2D eigenvalue weighted by molar-refractivity contribution is 0.212. The molecular formula is C21H20N4O. The average molecular weight is 344 g/mol. The minimum Gasteiger partial charge on any atom is -0.399 e. The van der Waals surface area contributed by atoms with Crippen LogP contribution in [0.4, 0.5) is 0 Å². The monoisotopic (exact) mass is 344 g/mol. The zero-order valence-electron chi connectivity index (χ0n) is 14.7. The highest BCUT2D eigenvalue weighted by atomic mass is 16.6. The number of benzene rings is 1. The molecule has 0 unspecified atom stereocenters. The third kappa shape index (κ3) is 3.47. The number of oxime groups is 1. The quantitative estimate of drug-likeness (QED) is 0.675. The van der Waals surface area contributed by atoms with Gasteiger partial charge in [-0.05, 0) is 37.0 Å². The van der Waals surface area contributed by atoms with Gasteiger partial charge in [-0.25, -0.2) is 15.0 Å². The van der Waals surface area contributed by atoms with Crippen molar-refractivity contribution in [2.75, 3.05) is 7.11 Å². The lowest BCUT2D eigenvalue weighted by Gasteiger charge is -2.16. The molecule has 0 bridgehead atoms. The lowest BCUT2D eigenvalue weighted by atomic mass is 9.95. The maximum atomic E-state index is 4.95. The summed E-state index contributed by atoms with van der Waals surface area (Å²) in [5.74, 6) is 0.664. The van der Waals surface area contributed by atoms with E-state index in [-0.39, 0.29) is 0 Å². The Balaban J connectivity index is 1.64. The third-order valence-electron chi connectivity index (χ3n) is 4.47. The number of pyridine rings is 1. The van der Waals surface area contributed by atoms with Crippen LogP contribution in [-0.2, 0) is 17.7 Å². The Morgan fingerprint density at radius 3 is 2.73 bits per heavy atom. The largest absolute Gasteiger partial charge is 0.399 e. The summed E-state index contributed by atoms with van der Waals surface area (Å²) in [6, 6.07) is 16.4. The Morgan fingerprint density at radius 2 is 1.88 bits per heavy atom.